The van der Waals surface area contributed by atoms with E-state index in [9.17, 15) is 9.90 Å². The van der Waals surface area contributed by atoms with Crippen LogP contribution in [0.25, 0.3) is 0 Å². The molecule has 1 aliphatic carbocycles. The summed E-state index contributed by atoms with van der Waals surface area (Å²) in [6, 6.07) is 5.59. The Morgan fingerprint density at radius 3 is 2.72 bits per heavy atom. The van der Waals surface area contributed by atoms with Crippen LogP contribution < -0.4 is 9.47 Å². The Morgan fingerprint density at radius 2 is 2.11 bits per heavy atom. The maximum absolute atomic E-state index is 11.2. The third kappa shape index (κ3) is 1.54. The van der Waals surface area contributed by atoms with Gasteiger partial charge in [-0.05, 0) is 30.5 Å². The summed E-state index contributed by atoms with van der Waals surface area (Å²) in [7, 11) is 1.44. The highest BCUT2D eigenvalue weighted by atomic mass is 16.7. The van der Waals surface area contributed by atoms with Crippen molar-refractivity contribution in [3.05, 3.63) is 23.8 Å². The maximum Gasteiger partial charge on any atom is 0.333 e. The fourth-order valence-electron chi connectivity index (χ4n) is 2.61. The number of carboxylic acids is 1. The second-order valence-corrected chi connectivity index (χ2v) is 4.68. The molecule has 1 N–H and O–H groups in total. The van der Waals surface area contributed by atoms with Gasteiger partial charge < -0.3 is 19.3 Å². The second kappa shape index (κ2) is 3.88. The van der Waals surface area contributed by atoms with Crippen molar-refractivity contribution in [2.75, 3.05) is 13.9 Å². The van der Waals surface area contributed by atoms with E-state index in [4.69, 9.17) is 14.2 Å². The van der Waals surface area contributed by atoms with Gasteiger partial charge in [-0.3, -0.25) is 0 Å². The van der Waals surface area contributed by atoms with Gasteiger partial charge in [0.25, 0.3) is 0 Å². The van der Waals surface area contributed by atoms with E-state index in [0.29, 0.717) is 11.5 Å². The molecule has 2 aliphatic rings. The third-order valence-electron chi connectivity index (χ3n) is 3.70. The lowest BCUT2D eigenvalue weighted by Gasteiger charge is -2.22. The first kappa shape index (κ1) is 11.3. The number of hydrogen-bond acceptors (Lipinski definition) is 4. The summed E-state index contributed by atoms with van der Waals surface area (Å²) in [6.07, 6.45) is 0.826. The Bertz CT molecular complexity index is 492. The Hall–Kier alpha value is -1.75. The summed E-state index contributed by atoms with van der Waals surface area (Å²) in [4.78, 5) is 11.2. The number of fused-ring (bicyclic) bond motifs is 1. The van der Waals surface area contributed by atoms with Crippen molar-refractivity contribution in [1.82, 2.24) is 0 Å². The van der Waals surface area contributed by atoms with Crippen LogP contribution >= 0.6 is 0 Å². The molecule has 1 aliphatic heterocycles. The molecule has 18 heavy (non-hydrogen) atoms. The zero-order valence-electron chi connectivity index (χ0n) is 10.0. The van der Waals surface area contributed by atoms with Gasteiger partial charge in [-0.1, -0.05) is 6.07 Å². The molecule has 1 atom stereocenters. The Balaban J connectivity index is 1.97. The van der Waals surface area contributed by atoms with E-state index in [0.717, 1.165) is 18.4 Å². The van der Waals surface area contributed by atoms with Gasteiger partial charge in [-0.15, -0.1) is 0 Å². The van der Waals surface area contributed by atoms with Gasteiger partial charge in [0, 0.05) is 12.5 Å². The summed E-state index contributed by atoms with van der Waals surface area (Å²) in [5, 5.41) is 9.22. The smallest absolute Gasteiger partial charge is 0.333 e. The van der Waals surface area contributed by atoms with E-state index in [1.54, 1.807) is 0 Å². The first-order valence-electron chi connectivity index (χ1n) is 5.83. The van der Waals surface area contributed by atoms with Gasteiger partial charge in [0.15, 0.2) is 17.6 Å². The predicted molar refractivity (Wildman–Crippen MR) is 61.9 cm³/mol. The molecule has 0 saturated heterocycles. The number of ether oxygens (including phenoxy) is 3. The van der Waals surface area contributed by atoms with Crippen molar-refractivity contribution in [3.8, 4) is 11.5 Å². The zero-order valence-corrected chi connectivity index (χ0v) is 10.0. The van der Waals surface area contributed by atoms with Crippen LogP contribution in [0.4, 0.5) is 0 Å². The standard InChI is InChI=1S/C13H14O5/c1-16-11(12(14)15)13(4-5-13)8-2-3-9-10(6-8)18-7-17-9/h2-3,6,11H,4-5,7H2,1H3,(H,14,15). The van der Waals surface area contributed by atoms with Crippen LogP contribution in [0.1, 0.15) is 18.4 Å². The minimum absolute atomic E-state index is 0.221. The lowest BCUT2D eigenvalue weighted by molar-refractivity contribution is -0.150. The molecule has 3 rings (SSSR count). The average molecular weight is 250 g/mol. The van der Waals surface area contributed by atoms with Gasteiger partial charge in [0.1, 0.15) is 0 Å². The molecule has 1 heterocycles. The van der Waals surface area contributed by atoms with Crippen LogP contribution in [0.15, 0.2) is 18.2 Å². The molecule has 1 fully saturated rings. The molecule has 1 saturated carbocycles. The Kier molecular flexibility index (Phi) is 2.45. The van der Waals surface area contributed by atoms with E-state index in [1.807, 2.05) is 18.2 Å². The number of aliphatic carboxylic acids is 1. The molecule has 1 unspecified atom stereocenters. The zero-order chi connectivity index (χ0) is 12.8. The predicted octanol–water partition coefficient (Wildman–Crippen LogP) is 1.55. The van der Waals surface area contributed by atoms with Crippen molar-refractivity contribution in [1.29, 1.82) is 0 Å². The number of hydrogen-bond donors (Lipinski definition) is 1. The number of benzene rings is 1. The summed E-state index contributed by atoms with van der Waals surface area (Å²) in [5.41, 5.74) is 0.530. The molecular weight excluding hydrogens is 236 g/mol. The van der Waals surface area contributed by atoms with Crippen LogP contribution in [0.3, 0.4) is 0 Å². The van der Waals surface area contributed by atoms with Crippen molar-refractivity contribution in [2.24, 2.45) is 0 Å². The highest BCUT2D eigenvalue weighted by Crippen LogP contribution is 2.53. The number of carboxylic acid groups (broad SMARTS) is 1. The van der Waals surface area contributed by atoms with Crippen LogP contribution in [0, 0.1) is 0 Å². The molecule has 1 aromatic carbocycles. The number of rotatable bonds is 4. The highest BCUT2D eigenvalue weighted by Gasteiger charge is 2.54. The topological polar surface area (TPSA) is 65.0 Å². The van der Waals surface area contributed by atoms with Crippen LogP contribution in [0.5, 0.6) is 11.5 Å². The lowest BCUT2D eigenvalue weighted by Crippen LogP contribution is -2.35. The fourth-order valence-corrected chi connectivity index (χ4v) is 2.61. The quantitative estimate of drug-likeness (QED) is 0.878. The Morgan fingerprint density at radius 1 is 1.39 bits per heavy atom. The van der Waals surface area contributed by atoms with Crippen molar-refractivity contribution >= 4 is 5.97 Å². The average Bonchev–Trinajstić information content (AvgIpc) is 3.00. The van der Waals surface area contributed by atoms with Gasteiger partial charge in [0.2, 0.25) is 6.79 Å². The van der Waals surface area contributed by atoms with Gasteiger partial charge in [-0.25, -0.2) is 4.79 Å². The van der Waals surface area contributed by atoms with E-state index in [1.165, 1.54) is 7.11 Å². The SMILES string of the molecule is COC(C(=O)O)C1(c2ccc3c(c2)OCO3)CC1. The largest absolute Gasteiger partial charge is 0.479 e. The summed E-state index contributed by atoms with van der Waals surface area (Å²) in [6.45, 7) is 0.221. The van der Waals surface area contributed by atoms with Gasteiger partial charge >= 0.3 is 5.97 Å². The molecule has 0 aromatic heterocycles. The summed E-state index contributed by atoms with van der Waals surface area (Å²) in [5.74, 6) is 0.463. The van der Waals surface area contributed by atoms with Crippen molar-refractivity contribution < 1.29 is 24.1 Å². The molecule has 5 nitrogen and oxygen atoms in total. The second-order valence-electron chi connectivity index (χ2n) is 4.68. The monoisotopic (exact) mass is 250 g/mol. The van der Waals surface area contributed by atoms with E-state index in [2.05, 4.69) is 0 Å². The maximum atomic E-state index is 11.2. The fraction of sp³-hybridized carbons (Fsp3) is 0.462. The van der Waals surface area contributed by atoms with Gasteiger partial charge in [0.05, 0.1) is 0 Å². The molecule has 1 aromatic rings. The molecule has 0 radical (unpaired) electrons. The van der Waals surface area contributed by atoms with E-state index < -0.39 is 17.5 Å². The van der Waals surface area contributed by atoms with Crippen LogP contribution in [0.2, 0.25) is 0 Å². The first-order valence-corrected chi connectivity index (χ1v) is 5.83. The molecule has 5 heteroatoms. The molecule has 0 amide bonds. The number of methoxy groups -OCH3 is 1. The summed E-state index contributed by atoms with van der Waals surface area (Å²) < 4.78 is 15.7. The lowest BCUT2D eigenvalue weighted by atomic mass is 9.89. The minimum Gasteiger partial charge on any atom is -0.479 e. The summed E-state index contributed by atoms with van der Waals surface area (Å²) >= 11 is 0. The van der Waals surface area contributed by atoms with Crippen molar-refractivity contribution in [3.63, 3.8) is 0 Å². The molecule has 96 valence electrons. The first-order chi connectivity index (χ1) is 8.67. The third-order valence-corrected chi connectivity index (χ3v) is 3.70. The van der Waals surface area contributed by atoms with Crippen LogP contribution in [-0.2, 0) is 14.9 Å². The normalized spacial score (nSPS) is 20.5. The Labute approximate surface area is 104 Å². The molecule has 0 spiro atoms. The van der Waals surface area contributed by atoms with Crippen LogP contribution in [-0.4, -0.2) is 31.1 Å². The van der Waals surface area contributed by atoms with E-state index in [-0.39, 0.29) is 6.79 Å². The van der Waals surface area contributed by atoms with Gasteiger partial charge in [-0.2, -0.15) is 0 Å². The molecule has 0 bridgehead atoms. The van der Waals surface area contributed by atoms with E-state index >= 15 is 0 Å². The highest BCUT2D eigenvalue weighted by molar-refractivity contribution is 5.76. The minimum atomic E-state index is -0.923. The molecular formula is C13H14O5. The van der Waals surface area contributed by atoms with Crippen molar-refractivity contribution in [2.45, 2.75) is 24.4 Å². The number of carbonyl (C=O) groups is 1.